The van der Waals surface area contributed by atoms with Gasteiger partial charge in [0.05, 0.1) is 0 Å². The Balaban J connectivity index is 1.71. The minimum absolute atomic E-state index is 0.190. The van der Waals surface area contributed by atoms with Crippen LogP contribution in [0.1, 0.15) is 17.3 Å². The molecule has 2 aromatic carbocycles. The Labute approximate surface area is 150 Å². The number of rotatable bonds is 6. The van der Waals surface area contributed by atoms with Crippen molar-refractivity contribution < 1.29 is 18.8 Å². The van der Waals surface area contributed by atoms with Gasteiger partial charge in [0, 0.05) is 37.0 Å². The largest absolute Gasteiger partial charge is 0.350 e. The highest BCUT2D eigenvalue weighted by Crippen LogP contribution is 2.09. The van der Waals surface area contributed by atoms with Crippen molar-refractivity contribution in [3.05, 3.63) is 59.9 Å². The number of halogens is 1. The van der Waals surface area contributed by atoms with Crippen LogP contribution in [0.25, 0.3) is 0 Å². The quantitative estimate of drug-likeness (QED) is 0.597. The summed E-state index contributed by atoms with van der Waals surface area (Å²) in [6.45, 7) is 1.83. The molecule has 0 radical (unpaired) electrons. The summed E-state index contributed by atoms with van der Waals surface area (Å²) in [6, 6.07) is 11.5. The van der Waals surface area contributed by atoms with Gasteiger partial charge in [-0.1, -0.05) is 6.07 Å². The molecular formula is C18H19FN4O3. The number of anilines is 2. The molecule has 0 fully saturated rings. The first kappa shape index (κ1) is 18.9. The van der Waals surface area contributed by atoms with Gasteiger partial charge in [0.2, 0.25) is 5.91 Å². The standard InChI is InChI=1S/C18H19FN4O3/c1-12(24)22-15-7-5-13(6-8-15)17(25)20-9-10-21-18(26)23-16-4-2-3-14(19)11-16/h2-8,11H,9-10H2,1H3,(H,20,25)(H,22,24)(H2,21,23,26). The molecule has 0 aliphatic carbocycles. The molecule has 136 valence electrons. The first-order valence-electron chi connectivity index (χ1n) is 7.90. The lowest BCUT2D eigenvalue weighted by atomic mass is 10.2. The monoisotopic (exact) mass is 358 g/mol. The number of hydrogen-bond donors (Lipinski definition) is 4. The maximum Gasteiger partial charge on any atom is 0.319 e. The van der Waals surface area contributed by atoms with Crippen molar-refractivity contribution in [2.75, 3.05) is 23.7 Å². The number of carbonyl (C=O) groups is 3. The fraction of sp³-hybridized carbons (Fsp3) is 0.167. The zero-order chi connectivity index (χ0) is 18.9. The summed E-state index contributed by atoms with van der Waals surface area (Å²) in [5.41, 5.74) is 1.37. The Bertz CT molecular complexity index is 793. The van der Waals surface area contributed by atoms with Crippen LogP contribution in [0.2, 0.25) is 0 Å². The first-order valence-corrected chi connectivity index (χ1v) is 7.90. The van der Waals surface area contributed by atoms with E-state index >= 15 is 0 Å². The predicted octanol–water partition coefficient (Wildman–Crippen LogP) is 2.34. The molecule has 0 bridgehead atoms. The van der Waals surface area contributed by atoms with E-state index in [1.54, 1.807) is 30.3 Å². The molecular weight excluding hydrogens is 339 g/mol. The third kappa shape index (κ3) is 6.23. The van der Waals surface area contributed by atoms with Gasteiger partial charge in [-0.2, -0.15) is 0 Å². The average Bonchev–Trinajstić information content (AvgIpc) is 2.58. The van der Waals surface area contributed by atoms with Gasteiger partial charge in [0.1, 0.15) is 5.82 Å². The second kappa shape index (κ2) is 9.16. The van der Waals surface area contributed by atoms with Crippen LogP contribution in [0.4, 0.5) is 20.6 Å². The lowest BCUT2D eigenvalue weighted by Crippen LogP contribution is -2.36. The van der Waals surface area contributed by atoms with Gasteiger partial charge in [-0.15, -0.1) is 0 Å². The third-order valence-electron chi connectivity index (χ3n) is 3.25. The Hall–Kier alpha value is -3.42. The number of urea groups is 1. The van der Waals surface area contributed by atoms with Crippen LogP contribution in [-0.2, 0) is 4.79 Å². The number of nitrogens with one attached hydrogen (secondary N) is 4. The second-order valence-corrected chi connectivity index (χ2v) is 5.41. The molecule has 7 nitrogen and oxygen atoms in total. The number of amides is 4. The van der Waals surface area contributed by atoms with Crippen molar-refractivity contribution in [1.82, 2.24) is 10.6 Å². The molecule has 0 atom stereocenters. The maximum absolute atomic E-state index is 13.0. The lowest BCUT2D eigenvalue weighted by Gasteiger charge is -2.09. The number of benzene rings is 2. The van der Waals surface area contributed by atoms with Crippen molar-refractivity contribution in [2.45, 2.75) is 6.92 Å². The Kier molecular flexibility index (Phi) is 6.67. The molecule has 2 aromatic rings. The summed E-state index contributed by atoms with van der Waals surface area (Å²) in [5, 5.41) is 10.3. The molecule has 0 aliphatic heterocycles. The fourth-order valence-electron chi connectivity index (χ4n) is 2.10. The molecule has 0 aliphatic rings. The maximum atomic E-state index is 13.0. The first-order chi connectivity index (χ1) is 12.4. The molecule has 8 heteroatoms. The second-order valence-electron chi connectivity index (χ2n) is 5.41. The molecule has 0 aromatic heterocycles. The van der Waals surface area contributed by atoms with Crippen LogP contribution < -0.4 is 21.3 Å². The molecule has 4 N–H and O–H groups in total. The molecule has 0 heterocycles. The summed E-state index contributed by atoms with van der Waals surface area (Å²) in [6.07, 6.45) is 0. The fourth-order valence-corrected chi connectivity index (χ4v) is 2.10. The van der Waals surface area contributed by atoms with E-state index in [0.29, 0.717) is 16.9 Å². The smallest absolute Gasteiger partial charge is 0.319 e. The zero-order valence-electron chi connectivity index (χ0n) is 14.1. The van der Waals surface area contributed by atoms with Gasteiger partial charge in [-0.3, -0.25) is 9.59 Å². The molecule has 0 saturated heterocycles. The molecule has 0 spiro atoms. The average molecular weight is 358 g/mol. The van der Waals surface area contributed by atoms with E-state index in [-0.39, 0.29) is 24.9 Å². The van der Waals surface area contributed by atoms with Gasteiger partial charge >= 0.3 is 6.03 Å². The minimum atomic E-state index is -0.496. The van der Waals surface area contributed by atoms with Crippen molar-refractivity contribution in [3.8, 4) is 0 Å². The van der Waals surface area contributed by atoms with Gasteiger partial charge in [-0.05, 0) is 42.5 Å². The van der Waals surface area contributed by atoms with E-state index in [1.807, 2.05) is 0 Å². The van der Waals surface area contributed by atoms with Crippen LogP contribution in [-0.4, -0.2) is 30.9 Å². The minimum Gasteiger partial charge on any atom is -0.350 e. The van der Waals surface area contributed by atoms with E-state index in [0.717, 1.165) is 0 Å². The molecule has 2 rings (SSSR count). The van der Waals surface area contributed by atoms with Crippen LogP contribution in [0, 0.1) is 5.82 Å². The van der Waals surface area contributed by atoms with Crippen LogP contribution in [0.15, 0.2) is 48.5 Å². The SMILES string of the molecule is CC(=O)Nc1ccc(C(=O)NCCNC(=O)Nc2cccc(F)c2)cc1. The Morgan fingerprint density at radius 3 is 2.23 bits per heavy atom. The highest BCUT2D eigenvalue weighted by Gasteiger charge is 2.06. The van der Waals surface area contributed by atoms with Gasteiger partial charge in [0.25, 0.3) is 5.91 Å². The lowest BCUT2D eigenvalue weighted by molar-refractivity contribution is -0.114. The molecule has 26 heavy (non-hydrogen) atoms. The van der Waals surface area contributed by atoms with Crippen LogP contribution >= 0.6 is 0 Å². The van der Waals surface area contributed by atoms with E-state index in [9.17, 15) is 18.8 Å². The highest BCUT2D eigenvalue weighted by atomic mass is 19.1. The zero-order valence-corrected chi connectivity index (χ0v) is 14.1. The van der Waals surface area contributed by atoms with Gasteiger partial charge < -0.3 is 21.3 Å². The third-order valence-corrected chi connectivity index (χ3v) is 3.25. The summed E-state index contributed by atoms with van der Waals surface area (Å²) < 4.78 is 13.0. The van der Waals surface area contributed by atoms with Crippen molar-refractivity contribution in [2.24, 2.45) is 0 Å². The van der Waals surface area contributed by atoms with Crippen LogP contribution in [0.3, 0.4) is 0 Å². The number of carbonyl (C=O) groups excluding carboxylic acids is 3. The summed E-state index contributed by atoms with van der Waals surface area (Å²) in [7, 11) is 0. The van der Waals surface area contributed by atoms with Crippen molar-refractivity contribution >= 4 is 29.2 Å². The topological polar surface area (TPSA) is 99.3 Å². The van der Waals surface area contributed by atoms with E-state index in [2.05, 4.69) is 21.3 Å². The predicted molar refractivity (Wildman–Crippen MR) is 96.5 cm³/mol. The summed E-state index contributed by atoms with van der Waals surface area (Å²) >= 11 is 0. The van der Waals surface area contributed by atoms with E-state index in [1.165, 1.54) is 25.1 Å². The van der Waals surface area contributed by atoms with Crippen molar-refractivity contribution in [1.29, 1.82) is 0 Å². The van der Waals surface area contributed by atoms with Crippen LogP contribution in [0.5, 0.6) is 0 Å². The van der Waals surface area contributed by atoms with Gasteiger partial charge in [-0.25, -0.2) is 9.18 Å². The highest BCUT2D eigenvalue weighted by molar-refractivity contribution is 5.95. The van der Waals surface area contributed by atoms with Gasteiger partial charge in [0.15, 0.2) is 0 Å². The van der Waals surface area contributed by atoms with E-state index in [4.69, 9.17) is 0 Å². The number of hydrogen-bond acceptors (Lipinski definition) is 3. The Morgan fingerprint density at radius 1 is 0.885 bits per heavy atom. The molecule has 4 amide bonds. The summed E-state index contributed by atoms with van der Waals surface area (Å²) in [5.74, 6) is -0.934. The Morgan fingerprint density at radius 2 is 1.58 bits per heavy atom. The van der Waals surface area contributed by atoms with E-state index < -0.39 is 11.8 Å². The summed E-state index contributed by atoms with van der Waals surface area (Å²) in [4.78, 5) is 34.6. The molecule has 0 unspecified atom stereocenters. The molecule has 0 saturated carbocycles. The van der Waals surface area contributed by atoms with Crippen molar-refractivity contribution in [3.63, 3.8) is 0 Å². The normalized spacial score (nSPS) is 9.92.